The molecule has 10 heteroatoms. The van der Waals surface area contributed by atoms with Crippen molar-refractivity contribution < 1.29 is 21.2 Å². The van der Waals surface area contributed by atoms with Crippen LogP contribution in [0.15, 0.2) is 33.0 Å². The minimum Gasteiger partial charge on any atom is -0.396 e. The lowest BCUT2D eigenvalue weighted by Crippen LogP contribution is -2.35. The topological polar surface area (TPSA) is 106 Å². The average Bonchev–Trinajstić information content (AvgIpc) is 2.62. The number of rotatable bonds is 3. The highest BCUT2D eigenvalue weighted by molar-refractivity contribution is 9.10. The number of halogens is 2. The zero-order chi connectivity index (χ0) is 15.1. The van der Waals surface area contributed by atoms with Crippen molar-refractivity contribution in [2.24, 2.45) is 0 Å². The van der Waals surface area contributed by atoms with E-state index in [4.69, 9.17) is 5.73 Å². The molecular formula is C10H10BrFN2O4S2. The molecule has 0 bridgehead atoms. The molecule has 1 aliphatic rings. The smallest absolute Gasteiger partial charge is 0.242 e. The molecule has 1 aromatic rings. The van der Waals surface area contributed by atoms with Gasteiger partial charge < -0.3 is 5.73 Å². The van der Waals surface area contributed by atoms with Crippen LogP contribution in [0.25, 0.3) is 0 Å². The van der Waals surface area contributed by atoms with Gasteiger partial charge in [0.25, 0.3) is 0 Å². The van der Waals surface area contributed by atoms with E-state index in [1.807, 2.05) is 0 Å². The summed E-state index contributed by atoms with van der Waals surface area (Å²) >= 11 is 2.94. The summed E-state index contributed by atoms with van der Waals surface area (Å²) in [6, 6.07) is 1.04. The predicted molar refractivity (Wildman–Crippen MR) is 75.5 cm³/mol. The first-order valence-corrected chi connectivity index (χ1v) is 9.28. The van der Waals surface area contributed by atoms with E-state index in [0.717, 1.165) is 17.5 Å². The molecule has 0 saturated heterocycles. The normalized spacial score (nSPS) is 21.2. The van der Waals surface area contributed by atoms with Crippen LogP contribution in [0.1, 0.15) is 0 Å². The van der Waals surface area contributed by atoms with E-state index in [2.05, 4.69) is 20.7 Å². The van der Waals surface area contributed by atoms with E-state index < -0.39 is 31.7 Å². The second-order valence-corrected chi connectivity index (χ2v) is 8.66. The Kier molecular flexibility index (Phi) is 3.93. The maximum atomic E-state index is 13.2. The van der Waals surface area contributed by atoms with E-state index >= 15 is 0 Å². The van der Waals surface area contributed by atoms with Crippen LogP contribution in [-0.4, -0.2) is 28.6 Å². The van der Waals surface area contributed by atoms with E-state index in [1.165, 1.54) is 6.08 Å². The largest absolute Gasteiger partial charge is 0.396 e. The van der Waals surface area contributed by atoms with Crippen molar-refractivity contribution in [1.82, 2.24) is 4.72 Å². The van der Waals surface area contributed by atoms with Gasteiger partial charge in [-0.15, -0.1) is 0 Å². The van der Waals surface area contributed by atoms with Gasteiger partial charge in [-0.25, -0.2) is 25.9 Å². The Morgan fingerprint density at radius 2 is 2.05 bits per heavy atom. The number of sulfonamides is 1. The molecule has 0 fully saturated rings. The monoisotopic (exact) mass is 384 g/mol. The summed E-state index contributed by atoms with van der Waals surface area (Å²) in [7, 11) is -7.40. The number of nitrogens with one attached hydrogen (secondary N) is 1. The molecule has 1 aliphatic heterocycles. The van der Waals surface area contributed by atoms with Crippen molar-refractivity contribution in [3.63, 3.8) is 0 Å². The van der Waals surface area contributed by atoms with Crippen LogP contribution in [0, 0.1) is 5.82 Å². The molecule has 1 atom stereocenters. The molecular weight excluding hydrogens is 375 g/mol. The number of benzene rings is 1. The quantitative estimate of drug-likeness (QED) is 0.748. The van der Waals surface area contributed by atoms with Gasteiger partial charge in [-0.2, -0.15) is 0 Å². The molecule has 20 heavy (non-hydrogen) atoms. The summed E-state index contributed by atoms with van der Waals surface area (Å²) < 4.78 is 62.1. The Morgan fingerprint density at radius 1 is 1.40 bits per heavy atom. The van der Waals surface area contributed by atoms with Crippen molar-refractivity contribution >= 4 is 41.5 Å². The van der Waals surface area contributed by atoms with Crippen LogP contribution in [0.3, 0.4) is 0 Å². The second kappa shape index (κ2) is 5.10. The summed E-state index contributed by atoms with van der Waals surface area (Å²) in [6.45, 7) is 0. The lowest BCUT2D eigenvalue weighted by atomic mass is 10.3. The first-order chi connectivity index (χ1) is 9.11. The summed E-state index contributed by atoms with van der Waals surface area (Å²) in [5, 5.41) is 0.953. The fourth-order valence-electron chi connectivity index (χ4n) is 1.66. The minimum absolute atomic E-state index is 0.00142. The number of anilines is 1. The van der Waals surface area contributed by atoms with Crippen LogP contribution in [0.5, 0.6) is 0 Å². The summed E-state index contributed by atoms with van der Waals surface area (Å²) in [5.41, 5.74) is 5.02. The number of hydrogen-bond acceptors (Lipinski definition) is 5. The van der Waals surface area contributed by atoms with Gasteiger partial charge in [-0.3, -0.25) is 0 Å². The number of nitrogens with two attached hydrogens (primary N) is 1. The van der Waals surface area contributed by atoms with Crippen LogP contribution in [0.4, 0.5) is 10.1 Å². The van der Waals surface area contributed by atoms with Crippen molar-refractivity contribution in [3.05, 3.63) is 33.9 Å². The van der Waals surface area contributed by atoms with Gasteiger partial charge in [-0.05, 0) is 28.1 Å². The fraction of sp³-hybridized carbons (Fsp3) is 0.200. The van der Waals surface area contributed by atoms with Gasteiger partial charge in [0, 0.05) is 9.88 Å². The predicted octanol–water partition coefficient (Wildman–Crippen LogP) is 0.759. The summed E-state index contributed by atoms with van der Waals surface area (Å²) in [5.74, 6) is -1.10. The molecule has 0 aliphatic carbocycles. The van der Waals surface area contributed by atoms with Crippen LogP contribution in [0.2, 0.25) is 0 Å². The molecule has 3 N–H and O–H groups in total. The second-order valence-electron chi connectivity index (χ2n) is 4.19. The molecule has 0 saturated carbocycles. The Balaban J connectivity index is 2.33. The minimum atomic E-state index is -4.02. The maximum absolute atomic E-state index is 13.2. The van der Waals surface area contributed by atoms with E-state index in [0.29, 0.717) is 0 Å². The molecule has 1 heterocycles. The lowest BCUT2D eigenvalue weighted by Gasteiger charge is -2.13. The Bertz CT molecular complexity index is 790. The van der Waals surface area contributed by atoms with Gasteiger partial charge in [0.05, 0.1) is 22.4 Å². The Morgan fingerprint density at radius 3 is 2.60 bits per heavy atom. The van der Waals surface area contributed by atoms with E-state index in [-0.39, 0.29) is 20.8 Å². The van der Waals surface area contributed by atoms with E-state index in [9.17, 15) is 21.2 Å². The van der Waals surface area contributed by atoms with Crippen molar-refractivity contribution in [2.75, 3.05) is 11.5 Å². The molecule has 0 aromatic heterocycles. The molecule has 6 nitrogen and oxygen atoms in total. The van der Waals surface area contributed by atoms with E-state index in [1.54, 1.807) is 0 Å². The highest BCUT2D eigenvalue weighted by Gasteiger charge is 2.28. The first kappa shape index (κ1) is 15.4. The highest BCUT2D eigenvalue weighted by atomic mass is 79.9. The summed E-state index contributed by atoms with van der Waals surface area (Å²) in [6.07, 6.45) is 1.24. The highest BCUT2D eigenvalue weighted by Crippen LogP contribution is 2.27. The van der Waals surface area contributed by atoms with Gasteiger partial charge >= 0.3 is 0 Å². The standard InChI is InChI=1S/C10H10BrFN2O4S2/c11-7-3-8(12)9(13)4-10(7)20(17,18)14-6-1-2-19(15,16)5-6/h1-4,6,14H,5,13H2. The lowest BCUT2D eigenvalue weighted by molar-refractivity contribution is 0.573. The molecule has 2 rings (SSSR count). The number of nitrogen functional groups attached to an aromatic ring is 1. The fourth-order valence-corrected chi connectivity index (χ4v) is 5.24. The van der Waals surface area contributed by atoms with Crippen LogP contribution >= 0.6 is 15.9 Å². The zero-order valence-corrected chi connectivity index (χ0v) is 13.1. The maximum Gasteiger partial charge on any atom is 0.242 e. The Labute approximate surface area is 124 Å². The molecule has 1 aromatic carbocycles. The average molecular weight is 385 g/mol. The SMILES string of the molecule is Nc1cc(S(=O)(=O)NC2C=CS(=O)(=O)C2)c(Br)cc1F. The number of hydrogen-bond donors (Lipinski definition) is 2. The number of sulfone groups is 1. The molecule has 0 radical (unpaired) electrons. The van der Waals surface area contributed by atoms with Crippen LogP contribution in [-0.2, 0) is 19.9 Å². The Hall–Kier alpha value is -0.970. The molecule has 110 valence electrons. The van der Waals surface area contributed by atoms with Gasteiger partial charge in [0.1, 0.15) is 5.82 Å². The van der Waals surface area contributed by atoms with Crippen molar-refractivity contribution in [1.29, 1.82) is 0 Å². The summed E-state index contributed by atoms with van der Waals surface area (Å²) in [4.78, 5) is -0.255. The first-order valence-electron chi connectivity index (χ1n) is 5.28. The van der Waals surface area contributed by atoms with Gasteiger partial charge in [0.15, 0.2) is 9.84 Å². The van der Waals surface area contributed by atoms with Crippen molar-refractivity contribution in [2.45, 2.75) is 10.9 Å². The molecule has 0 spiro atoms. The van der Waals surface area contributed by atoms with Crippen molar-refractivity contribution in [3.8, 4) is 0 Å². The van der Waals surface area contributed by atoms with Gasteiger partial charge in [0.2, 0.25) is 10.0 Å². The molecule has 1 unspecified atom stereocenters. The third kappa shape index (κ3) is 3.19. The van der Waals surface area contributed by atoms with Crippen LogP contribution < -0.4 is 10.5 Å². The van der Waals surface area contributed by atoms with Gasteiger partial charge in [-0.1, -0.05) is 6.08 Å². The zero-order valence-electron chi connectivity index (χ0n) is 9.88. The third-order valence-electron chi connectivity index (χ3n) is 2.58. The molecule has 0 amide bonds. The third-order valence-corrected chi connectivity index (χ3v) is 6.42.